The minimum atomic E-state index is -4.93. The van der Waals surface area contributed by atoms with E-state index in [9.17, 15) is 22.4 Å². The molecule has 0 aliphatic heterocycles. The van der Waals surface area contributed by atoms with E-state index >= 15 is 0 Å². The molecule has 1 saturated carbocycles. The fraction of sp³-hybridized carbons (Fsp3) is 0.235. The van der Waals surface area contributed by atoms with Gasteiger partial charge in [0.05, 0.1) is 5.69 Å². The lowest BCUT2D eigenvalue weighted by atomic mass is 10.1. The van der Waals surface area contributed by atoms with Gasteiger partial charge in [0, 0.05) is 12.0 Å². The number of hydrogen-bond acceptors (Lipinski definition) is 2. The van der Waals surface area contributed by atoms with Gasteiger partial charge in [-0.1, -0.05) is 30.3 Å². The van der Waals surface area contributed by atoms with Gasteiger partial charge in [0.2, 0.25) is 5.91 Å². The number of carbonyl (C=O) groups excluding carboxylic acids is 1. The maximum atomic E-state index is 13.3. The molecule has 0 radical (unpaired) electrons. The molecule has 24 heavy (non-hydrogen) atoms. The SMILES string of the molecule is O=C(Nc1cc(F)ccc1OC(F)(F)F)[C@H]1C[C@@H]1c1ccccc1. The van der Waals surface area contributed by atoms with Crippen LogP contribution in [0.25, 0.3) is 0 Å². The average molecular weight is 339 g/mol. The van der Waals surface area contributed by atoms with Gasteiger partial charge in [0.1, 0.15) is 5.82 Å². The third-order valence-electron chi connectivity index (χ3n) is 3.78. The van der Waals surface area contributed by atoms with E-state index in [-0.39, 0.29) is 17.5 Å². The molecule has 0 bridgehead atoms. The average Bonchev–Trinajstić information content (AvgIpc) is 3.30. The number of benzene rings is 2. The summed E-state index contributed by atoms with van der Waals surface area (Å²) in [5.74, 6) is -2.20. The number of rotatable bonds is 4. The van der Waals surface area contributed by atoms with Crippen LogP contribution >= 0.6 is 0 Å². The first kappa shape index (κ1) is 16.3. The first-order valence-corrected chi connectivity index (χ1v) is 7.24. The van der Waals surface area contributed by atoms with Crippen LogP contribution in [0.3, 0.4) is 0 Å². The summed E-state index contributed by atoms with van der Waals surface area (Å²) in [5, 5.41) is 2.33. The Hall–Kier alpha value is -2.57. The molecule has 1 amide bonds. The van der Waals surface area contributed by atoms with Gasteiger partial charge in [-0.25, -0.2) is 4.39 Å². The van der Waals surface area contributed by atoms with Crippen molar-refractivity contribution in [2.45, 2.75) is 18.7 Å². The molecule has 7 heteroatoms. The predicted molar refractivity (Wildman–Crippen MR) is 79.0 cm³/mol. The number of nitrogens with one attached hydrogen (secondary N) is 1. The fourth-order valence-electron chi connectivity index (χ4n) is 2.59. The van der Waals surface area contributed by atoms with Crippen molar-refractivity contribution < 1.29 is 27.1 Å². The quantitative estimate of drug-likeness (QED) is 0.835. The molecule has 0 spiro atoms. The maximum Gasteiger partial charge on any atom is 0.573 e. The molecule has 0 heterocycles. The van der Waals surface area contributed by atoms with Crippen molar-refractivity contribution in [3.63, 3.8) is 0 Å². The maximum absolute atomic E-state index is 13.3. The molecule has 0 saturated heterocycles. The molecule has 3 nitrogen and oxygen atoms in total. The Morgan fingerprint density at radius 3 is 2.50 bits per heavy atom. The van der Waals surface area contributed by atoms with Gasteiger partial charge in [-0.15, -0.1) is 13.2 Å². The van der Waals surface area contributed by atoms with E-state index in [1.165, 1.54) is 0 Å². The smallest absolute Gasteiger partial charge is 0.404 e. The van der Waals surface area contributed by atoms with Crippen LogP contribution < -0.4 is 10.1 Å². The van der Waals surface area contributed by atoms with Gasteiger partial charge in [-0.3, -0.25) is 4.79 Å². The summed E-state index contributed by atoms with van der Waals surface area (Å²) >= 11 is 0. The summed E-state index contributed by atoms with van der Waals surface area (Å²) in [4.78, 5) is 12.2. The summed E-state index contributed by atoms with van der Waals surface area (Å²) < 4.78 is 54.3. The molecule has 1 N–H and O–H groups in total. The molecule has 2 atom stereocenters. The molecule has 1 fully saturated rings. The van der Waals surface area contributed by atoms with Crippen LogP contribution in [-0.2, 0) is 4.79 Å². The Morgan fingerprint density at radius 2 is 1.83 bits per heavy atom. The van der Waals surface area contributed by atoms with Crippen LogP contribution in [0.2, 0.25) is 0 Å². The van der Waals surface area contributed by atoms with E-state index in [0.29, 0.717) is 6.42 Å². The van der Waals surface area contributed by atoms with Crippen LogP contribution in [0.4, 0.5) is 23.2 Å². The third kappa shape index (κ3) is 3.84. The number of anilines is 1. The summed E-state index contributed by atoms with van der Waals surface area (Å²) in [7, 11) is 0. The summed E-state index contributed by atoms with van der Waals surface area (Å²) in [6.45, 7) is 0. The molecular weight excluding hydrogens is 326 g/mol. The molecule has 126 valence electrons. The highest BCUT2D eigenvalue weighted by Gasteiger charge is 2.44. The monoisotopic (exact) mass is 339 g/mol. The molecule has 0 unspecified atom stereocenters. The Morgan fingerprint density at radius 1 is 1.12 bits per heavy atom. The molecule has 0 aromatic heterocycles. The van der Waals surface area contributed by atoms with Crippen LogP contribution in [0.1, 0.15) is 17.9 Å². The second-order valence-electron chi connectivity index (χ2n) is 5.54. The van der Waals surface area contributed by atoms with Gasteiger partial charge < -0.3 is 10.1 Å². The highest BCUT2D eigenvalue weighted by Crippen LogP contribution is 2.48. The summed E-state index contributed by atoms with van der Waals surface area (Å²) in [6.07, 6.45) is -4.33. The van der Waals surface area contributed by atoms with Crippen molar-refractivity contribution >= 4 is 11.6 Å². The number of ether oxygens (including phenoxy) is 1. The predicted octanol–water partition coefficient (Wildman–Crippen LogP) is 4.47. The molecule has 1 aliphatic carbocycles. The van der Waals surface area contributed by atoms with Crippen LogP contribution in [0.15, 0.2) is 48.5 Å². The van der Waals surface area contributed by atoms with Gasteiger partial charge in [-0.05, 0) is 30.0 Å². The van der Waals surface area contributed by atoms with E-state index in [4.69, 9.17) is 0 Å². The van der Waals surface area contributed by atoms with Crippen molar-refractivity contribution in [3.8, 4) is 5.75 Å². The highest BCUT2D eigenvalue weighted by atomic mass is 19.4. The van der Waals surface area contributed by atoms with Crippen molar-refractivity contribution in [1.29, 1.82) is 0 Å². The zero-order valence-electron chi connectivity index (χ0n) is 12.3. The second-order valence-corrected chi connectivity index (χ2v) is 5.54. The van der Waals surface area contributed by atoms with Crippen LogP contribution in [0, 0.1) is 11.7 Å². The largest absolute Gasteiger partial charge is 0.573 e. The van der Waals surface area contributed by atoms with E-state index in [0.717, 1.165) is 23.8 Å². The topological polar surface area (TPSA) is 38.3 Å². The van der Waals surface area contributed by atoms with Crippen molar-refractivity contribution in [2.75, 3.05) is 5.32 Å². The summed E-state index contributed by atoms with van der Waals surface area (Å²) in [6, 6.07) is 11.8. The Bertz CT molecular complexity index is 746. The Kier molecular flexibility index (Phi) is 4.17. The number of hydrogen-bond donors (Lipinski definition) is 1. The van der Waals surface area contributed by atoms with E-state index < -0.39 is 23.8 Å². The number of alkyl halides is 3. The number of amides is 1. The number of carbonyl (C=O) groups is 1. The lowest BCUT2D eigenvalue weighted by molar-refractivity contribution is -0.274. The first-order valence-electron chi connectivity index (χ1n) is 7.24. The fourth-order valence-corrected chi connectivity index (χ4v) is 2.59. The zero-order valence-corrected chi connectivity index (χ0v) is 12.3. The van der Waals surface area contributed by atoms with Crippen LogP contribution in [-0.4, -0.2) is 12.3 Å². The molecule has 2 aromatic carbocycles. The highest BCUT2D eigenvalue weighted by molar-refractivity contribution is 5.96. The van der Waals surface area contributed by atoms with E-state index in [2.05, 4.69) is 10.1 Å². The van der Waals surface area contributed by atoms with Crippen LogP contribution in [0.5, 0.6) is 5.75 Å². The van der Waals surface area contributed by atoms with E-state index in [1.54, 1.807) is 0 Å². The minimum Gasteiger partial charge on any atom is -0.404 e. The zero-order chi connectivity index (χ0) is 17.3. The molecule has 2 aromatic rings. The lowest BCUT2D eigenvalue weighted by Gasteiger charge is -2.14. The van der Waals surface area contributed by atoms with Crippen molar-refractivity contribution in [1.82, 2.24) is 0 Å². The molecule has 3 rings (SSSR count). The second kappa shape index (κ2) is 6.14. The Labute approximate surface area is 135 Å². The van der Waals surface area contributed by atoms with E-state index in [1.807, 2.05) is 30.3 Å². The normalized spacial score (nSPS) is 19.7. The van der Waals surface area contributed by atoms with Gasteiger partial charge in [-0.2, -0.15) is 0 Å². The molecule has 1 aliphatic rings. The van der Waals surface area contributed by atoms with Crippen molar-refractivity contribution in [2.24, 2.45) is 5.92 Å². The first-order chi connectivity index (χ1) is 11.3. The van der Waals surface area contributed by atoms with Gasteiger partial charge in [0.25, 0.3) is 0 Å². The lowest BCUT2D eigenvalue weighted by Crippen LogP contribution is -2.20. The van der Waals surface area contributed by atoms with Gasteiger partial charge >= 0.3 is 6.36 Å². The standard InChI is InChI=1S/C17H13F4NO2/c18-11-6-7-15(24-17(19,20)21)14(8-11)22-16(23)13-9-12(13)10-4-2-1-3-5-10/h1-8,12-13H,9H2,(H,22,23)/t12-,13+/m1/s1. The van der Waals surface area contributed by atoms with Gasteiger partial charge in [0.15, 0.2) is 5.75 Å². The molecular formula is C17H13F4NO2. The number of halogens is 4. The minimum absolute atomic E-state index is 0.0201. The van der Waals surface area contributed by atoms with Crippen molar-refractivity contribution in [3.05, 3.63) is 59.9 Å². The Balaban J connectivity index is 1.72. The third-order valence-corrected chi connectivity index (χ3v) is 3.78. The summed E-state index contributed by atoms with van der Waals surface area (Å²) in [5.41, 5.74) is 0.652.